The molecule has 1 aromatic heterocycles. The van der Waals surface area contributed by atoms with Crippen molar-refractivity contribution in [3.8, 4) is 0 Å². The smallest absolute Gasteiger partial charge is 0.317 e. The fraction of sp³-hybridized carbons (Fsp3) is 0.571. The van der Waals surface area contributed by atoms with Crippen LogP contribution in [0.5, 0.6) is 0 Å². The number of rotatable bonds is 5. The Balaban J connectivity index is 0.000000312. The number of aliphatic hydroxyl groups excluding tert-OH is 1. The van der Waals surface area contributed by atoms with Gasteiger partial charge in [0.15, 0.2) is 0 Å². The quantitative estimate of drug-likeness (QED) is 0.740. The van der Waals surface area contributed by atoms with Crippen molar-refractivity contribution in [3.63, 3.8) is 0 Å². The predicted octanol–water partition coefficient (Wildman–Crippen LogP) is 1.06. The number of hydrogen-bond donors (Lipinski definition) is 3. The Morgan fingerprint density at radius 2 is 2.21 bits per heavy atom. The van der Waals surface area contributed by atoms with Crippen molar-refractivity contribution in [1.29, 1.82) is 0 Å². The van der Waals surface area contributed by atoms with E-state index in [0.29, 0.717) is 5.92 Å². The molecular formula is C14H22N2O3. The third-order valence-electron chi connectivity index (χ3n) is 3.26. The Kier molecular flexibility index (Phi) is 6.45. The molecule has 0 bridgehead atoms. The van der Waals surface area contributed by atoms with E-state index in [1.54, 1.807) is 0 Å². The summed E-state index contributed by atoms with van der Waals surface area (Å²) in [7, 11) is 0. The van der Waals surface area contributed by atoms with Crippen LogP contribution in [0.15, 0.2) is 24.4 Å². The molecule has 1 aromatic rings. The van der Waals surface area contributed by atoms with E-state index in [0.717, 1.165) is 24.5 Å². The first kappa shape index (κ1) is 15.6. The minimum atomic E-state index is -0.968. The lowest BCUT2D eigenvalue weighted by molar-refractivity contribution is -0.135. The van der Waals surface area contributed by atoms with Crippen LogP contribution in [0, 0.1) is 11.8 Å². The number of nitrogens with zero attached hydrogens (tertiary/aromatic N) is 1. The van der Waals surface area contributed by atoms with Crippen molar-refractivity contribution in [2.45, 2.75) is 32.3 Å². The Hall–Kier alpha value is -1.46. The molecular weight excluding hydrogens is 244 g/mol. The van der Waals surface area contributed by atoms with E-state index in [1.165, 1.54) is 6.42 Å². The van der Waals surface area contributed by atoms with E-state index in [9.17, 15) is 9.90 Å². The summed E-state index contributed by atoms with van der Waals surface area (Å²) in [6, 6.07) is 5.93. The second-order valence-corrected chi connectivity index (χ2v) is 4.90. The molecule has 0 amide bonds. The van der Waals surface area contributed by atoms with Crippen LogP contribution in [0.25, 0.3) is 0 Å². The summed E-state index contributed by atoms with van der Waals surface area (Å²) in [4.78, 5) is 13.5. The van der Waals surface area contributed by atoms with Crippen LogP contribution in [0.1, 0.15) is 25.5 Å². The lowest BCUT2D eigenvalue weighted by Crippen LogP contribution is -2.11. The second-order valence-electron chi connectivity index (χ2n) is 4.90. The first-order valence-corrected chi connectivity index (χ1v) is 6.54. The first-order chi connectivity index (χ1) is 9.04. The number of nitrogens with two attached hydrogens (primary N) is 1. The summed E-state index contributed by atoms with van der Waals surface area (Å²) in [6.07, 6.45) is 4.63. The number of aryl methyl sites for hydroxylation is 1. The Morgan fingerprint density at radius 1 is 1.58 bits per heavy atom. The van der Waals surface area contributed by atoms with E-state index in [2.05, 4.69) is 17.6 Å². The van der Waals surface area contributed by atoms with E-state index in [4.69, 9.17) is 5.11 Å². The number of hydrogen-bond acceptors (Lipinski definition) is 4. The molecule has 19 heavy (non-hydrogen) atoms. The Morgan fingerprint density at radius 3 is 2.63 bits per heavy atom. The lowest BCUT2D eigenvalue weighted by Gasteiger charge is -2.08. The lowest BCUT2D eigenvalue weighted by atomic mass is 10.1. The Labute approximate surface area is 113 Å². The maximum atomic E-state index is 9.79. The first-order valence-electron chi connectivity index (χ1n) is 6.54. The monoisotopic (exact) mass is 266 g/mol. The molecule has 3 unspecified atom stereocenters. The molecule has 0 radical (unpaired) electrons. The fourth-order valence-corrected chi connectivity index (χ4v) is 1.94. The highest BCUT2D eigenvalue weighted by Crippen LogP contribution is 2.41. The van der Waals surface area contributed by atoms with E-state index < -0.39 is 5.97 Å². The second kappa shape index (κ2) is 7.86. The van der Waals surface area contributed by atoms with Gasteiger partial charge in [-0.15, -0.1) is 0 Å². The number of carbonyl (C=O) groups is 1. The van der Waals surface area contributed by atoms with Crippen LogP contribution in [0.4, 0.5) is 0 Å². The summed E-state index contributed by atoms with van der Waals surface area (Å²) >= 11 is 0. The summed E-state index contributed by atoms with van der Waals surface area (Å²) in [5, 5.41) is 17.4. The van der Waals surface area contributed by atoms with Gasteiger partial charge in [0.2, 0.25) is 0 Å². The van der Waals surface area contributed by atoms with Gasteiger partial charge in [-0.05, 0) is 43.2 Å². The van der Waals surface area contributed by atoms with Crippen molar-refractivity contribution >= 4 is 5.97 Å². The summed E-state index contributed by atoms with van der Waals surface area (Å²) < 4.78 is 0. The average molecular weight is 266 g/mol. The molecule has 5 nitrogen and oxygen atoms in total. The highest BCUT2D eigenvalue weighted by Gasteiger charge is 2.38. The summed E-state index contributed by atoms with van der Waals surface area (Å²) in [6.45, 7) is 1.93. The molecule has 0 spiro atoms. The highest BCUT2D eigenvalue weighted by molar-refractivity contribution is 5.68. The van der Waals surface area contributed by atoms with Crippen molar-refractivity contribution < 1.29 is 15.0 Å². The van der Waals surface area contributed by atoms with Gasteiger partial charge in [0.25, 0.3) is 0 Å². The maximum absolute atomic E-state index is 9.79. The van der Waals surface area contributed by atoms with Crippen molar-refractivity contribution in [3.05, 3.63) is 30.1 Å². The highest BCUT2D eigenvalue weighted by atomic mass is 16.4. The predicted molar refractivity (Wildman–Crippen MR) is 72.5 cm³/mol. The van der Waals surface area contributed by atoms with Gasteiger partial charge in [0.05, 0.1) is 12.6 Å². The minimum absolute atomic E-state index is 0.119. The van der Waals surface area contributed by atoms with E-state index in [1.807, 2.05) is 24.4 Å². The summed E-state index contributed by atoms with van der Waals surface area (Å²) in [5.74, 6) is 0.317. The van der Waals surface area contributed by atoms with Crippen molar-refractivity contribution in [1.82, 2.24) is 4.98 Å². The number of aromatic nitrogens is 1. The van der Waals surface area contributed by atoms with Gasteiger partial charge in [0, 0.05) is 11.9 Å². The molecule has 0 saturated heterocycles. The standard InChI is InChI=1S/C12H17NO.C2H5NO2/c1-9-8-11(9)12(14)6-5-10-4-2-3-7-13-10;3-1-2(4)5/h2-4,7,9,11-12,14H,5-6,8H2,1H3;1,3H2,(H,4,5). The Bertz CT molecular complexity index is 384. The zero-order valence-electron chi connectivity index (χ0n) is 11.2. The number of pyridine rings is 1. The van der Waals surface area contributed by atoms with Crippen LogP contribution < -0.4 is 5.73 Å². The third kappa shape index (κ3) is 6.31. The average Bonchev–Trinajstić information content (AvgIpc) is 3.15. The minimum Gasteiger partial charge on any atom is -0.480 e. The normalized spacial score (nSPS) is 22.1. The van der Waals surface area contributed by atoms with Crippen LogP contribution in [-0.4, -0.2) is 33.8 Å². The van der Waals surface area contributed by atoms with E-state index in [-0.39, 0.29) is 12.6 Å². The molecule has 1 saturated carbocycles. The van der Waals surface area contributed by atoms with Crippen molar-refractivity contribution in [2.75, 3.05) is 6.54 Å². The molecule has 1 fully saturated rings. The largest absolute Gasteiger partial charge is 0.480 e. The van der Waals surface area contributed by atoms with Gasteiger partial charge in [-0.1, -0.05) is 13.0 Å². The molecule has 1 aliphatic rings. The number of carboxylic acids is 1. The van der Waals surface area contributed by atoms with Gasteiger partial charge < -0.3 is 15.9 Å². The van der Waals surface area contributed by atoms with E-state index >= 15 is 0 Å². The molecule has 0 aromatic carbocycles. The molecule has 106 valence electrons. The van der Waals surface area contributed by atoms with Crippen LogP contribution in [0.3, 0.4) is 0 Å². The van der Waals surface area contributed by atoms with Crippen LogP contribution in [-0.2, 0) is 11.2 Å². The zero-order valence-corrected chi connectivity index (χ0v) is 11.2. The van der Waals surface area contributed by atoms with Gasteiger partial charge in [-0.3, -0.25) is 9.78 Å². The number of carboxylic acid groups (broad SMARTS) is 1. The van der Waals surface area contributed by atoms with Gasteiger partial charge in [-0.2, -0.15) is 0 Å². The molecule has 2 rings (SSSR count). The van der Waals surface area contributed by atoms with Gasteiger partial charge in [-0.25, -0.2) is 0 Å². The topological polar surface area (TPSA) is 96.4 Å². The van der Waals surface area contributed by atoms with Gasteiger partial charge in [0.1, 0.15) is 0 Å². The molecule has 3 atom stereocenters. The summed E-state index contributed by atoms with van der Waals surface area (Å²) in [5.41, 5.74) is 5.65. The number of aliphatic carboxylic acids is 1. The van der Waals surface area contributed by atoms with Crippen LogP contribution in [0.2, 0.25) is 0 Å². The number of aliphatic hydroxyl groups is 1. The molecule has 5 heteroatoms. The molecule has 0 aliphatic heterocycles. The molecule has 1 heterocycles. The molecule has 1 aliphatic carbocycles. The zero-order chi connectivity index (χ0) is 14.3. The fourth-order valence-electron chi connectivity index (χ4n) is 1.94. The SMILES string of the molecule is CC1CC1C(O)CCc1ccccn1.NCC(=O)O. The van der Waals surface area contributed by atoms with Gasteiger partial charge >= 0.3 is 5.97 Å². The van der Waals surface area contributed by atoms with Crippen molar-refractivity contribution in [2.24, 2.45) is 17.6 Å². The van der Waals surface area contributed by atoms with Crippen LogP contribution >= 0.6 is 0 Å². The molecule has 4 N–H and O–H groups in total. The third-order valence-corrected chi connectivity index (χ3v) is 3.26. The maximum Gasteiger partial charge on any atom is 0.317 e.